The number of fused-ring (bicyclic) bond motifs is 3. The van der Waals surface area contributed by atoms with Crippen LogP contribution >= 0.6 is 0 Å². The molecule has 0 radical (unpaired) electrons. The van der Waals surface area contributed by atoms with Gasteiger partial charge in [0.25, 0.3) is 5.91 Å². The van der Waals surface area contributed by atoms with Gasteiger partial charge in [0.1, 0.15) is 17.2 Å². The van der Waals surface area contributed by atoms with Crippen molar-refractivity contribution in [2.24, 2.45) is 10.1 Å². The largest absolute Gasteiger partial charge is 0.450 e. The van der Waals surface area contributed by atoms with E-state index in [-0.39, 0.29) is 64.5 Å². The van der Waals surface area contributed by atoms with Gasteiger partial charge in [0.15, 0.2) is 0 Å². The highest BCUT2D eigenvalue weighted by atomic mass is 16.6. The molecule has 1 aliphatic heterocycles. The second-order valence-corrected chi connectivity index (χ2v) is 15.3. The van der Waals surface area contributed by atoms with Crippen LogP contribution in [0.1, 0.15) is 77.8 Å². The van der Waals surface area contributed by atoms with Crippen LogP contribution in [0.5, 0.6) is 0 Å². The van der Waals surface area contributed by atoms with Crippen LogP contribution in [-0.4, -0.2) is 123 Å². The van der Waals surface area contributed by atoms with Crippen molar-refractivity contribution in [2.45, 2.75) is 84.0 Å². The summed E-state index contributed by atoms with van der Waals surface area (Å²) in [5.74, 6) is -0.857. The Bertz CT molecular complexity index is 1720. The van der Waals surface area contributed by atoms with Gasteiger partial charge in [-0.1, -0.05) is 53.6 Å². The fourth-order valence-corrected chi connectivity index (χ4v) is 6.30. The average Bonchev–Trinajstić information content (AvgIpc) is 3.46. The van der Waals surface area contributed by atoms with Gasteiger partial charge < -0.3 is 33.7 Å². The number of amides is 4. The molecule has 17 nitrogen and oxygen atoms in total. The Labute approximate surface area is 333 Å². The van der Waals surface area contributed by atoms with E-state index in [1.165, 1.54) is 27.2 Å². The van der Waals surface area contributed by atoms with Crippen LogP contribution in [0.2, 0.25) is 0 Å². The number of alkyl carbamates (subject to hydrolysis) is 1. The van der Waals surface area contributed by atoms with Crippen molar-refractivity contribution in [1.29, 1.82) is 0 Å². The van der Waals surface area contributed by atoms with Crippen molar-refractivity contribution in [1.82, 2.24) is 15.1 Å². The van der Waals surface area contributed by atoms with Crippen molar-refractivity contribution in [3.63, 3.8) is 0 Å². The van der Waals surface area contributed by atoms with Gasteiger partial charge in [0.05, 0.1) is 52.8 Å². The molecule has 0 spiro atoms. The number of hydrogen-bond donors (Lipinski definition) is 1. The average molecular weight is 794 g/mol. The topological polar surface area (TPSA) is 203 Å². The minimum absolute atomic E-state index is 0.0371. The minimum Gasteiger partial charge on any atom is -0.450 e. The van der Waals surface area contributed by atoms with Gasteiger partial charge in [-0.15, -0.1) is 4.99 Å². The first-order valence-corrected chi connectivity index (χ1v) is 19.2. The molecular weight excluding hydrogens is 738 g/mol. The molecule has 310 valence electrons. The minimum atomic E-state index is -1.03. The zero-order chi connectivity index (χ0) is 41.4. The first-order chi connectivity index (χ1) is 27.2. The lowest BCUT2D eigenvalue weighted by Crippen LogP contribution is -2.59. The monoisotopic (exact) mass is 793 g/mol. The molecule has 1 fully saturated rings. The van der Waals surface area contributed by atoms with Gasteiger partial charge >= 0.3 is 18.3 Å². The van der Waals surface area contributed by atoms with Crippen molar-refractivity contribution < 1.29 is 47.6 Å². The molecule has 0 saturated carbocycles. The number of piperidine rings is 1. The molecule has 4 rings (SSSR count). The predicted octanol–water partition coefficient (Wildman–Crippen LogP) is 6.79. The fourth-order valence-electron chi connectivity index (χ4n) is 6.30. The molecule has 2 aromatic carbocycles. The number of carbonyl (C=O) groups excluding carboxylic acids is 4. The number of aliphatic imine (C=N–C) groups is 1. The number of nitrogens with zero attached hydrogens (tertiary/aromatic N) is 6. The van der Waals surface area contributed by atoms with Gasteiger partial charge in [0, 0.05) is 23.9 Å². The lowest BCUT2D eigenvalue weighted by molar-refractivity contribution is -0.132. The number of nitrogens with one attached hydrogen (secondary N) is 1. The second-order valence-electron chi connectivity index (χ2n) is 15.3. The Hall–Kier alpha value is -5.22. The molecule has 4 amide bonds. The standard InChI is InChI=1S/C40H55N7O10/c1-39(2,3)56-37(50)44-35(47(38(51)57-40(4,5)6)20-23-53-25-27-54-26-24-52-22-18-42-45-41)46-19-11-16-33(34(46)48)43-36(49)55-21-17-32-30-14-9-7-12-28(30)29-13-8-10-15-31(29)32/h7-10,12-15,32-33H,11,16-27H2,1-6H3,(H,43,49)/b44-35-/t33-/m0/s1. The van der Waals surface area contributed by atoms with E-state index in [4.69, 9.17) is 34.0 Å². The molecule has 1 saturated heterocycles. The van der Waals surface area contributed by atoms with Crippen LogP contribution in [-0.2, 0) is 33.2 Å². The lowest BCUT2D eigenvalue weighted by Gasteiger charge is -2.37. The highest BCUT2D eigenvalue weighted by molar-refractivity contribution is 6.08. The summed E-state index contributed by atoms with van der Waals surface area (Å²) in [6, 6.07) is 15.3. The summed E-state index contributed by atoms with van der Waals surface area (Å²) in [6.45, 7) is 11.5. The third kappa shape index (κ3) is 14.0. The molecule has 0 bridgehead atoms. The summed E-state index contributed by atoms with van der Waals surface area (Å²) in [5.41, 5.74) is 11.1. The van der Waals surface area contributed by atoms with Crippen LogP contribution in [0.15, 0.2) is 58.6 Å². The Kier molecular flexibility index (Phi) is 16.7. The van der Waals surface area contributed by atoms with Gasteiger partial charge in [-0.2, -0.15) is 0 Å². The van der Waals surface area contributed by atoms with E-state index in [1.807, 2.05) is 24.3 Å². The zero-order valence-corrected chi connectivity index (χ0v) is 33.7. The second kappa shape index (κ2) is 21.3. The molecule has 1 aliphatic carbocycles. The first kappa shape index (κ1) is 44.5. The number of guanidine groups is 1. The molecule has 0 unspecified atom stereocenters. The van der Waals surface area contributed by atoms with E-state index in [0.717, 1.165) is 4.90 Å². The van der Waals surface area contributed by atoms with Crippen LogP contribution < -0.4 is 5.32 Å². The SMILES string of the molecule is CC(C)(C)OC(=O)/N=C(\N(CCOCCOCCOCCN=[N+]=[N-])C(=O)OC(C)(C)C)N1CCC[C@H](NC(=O)OCCC2c3ccccc3-c3ccccc32)C1=O. The number of rotatable bonds is 16. The van der Waals surface area contributed by atoms with E-state index in [9.17, 15) is 19.2 Å². The fraction of sp³-hybridized carbons (Fsp3) is 0.575. The van der Waals surface area contributed by atoms with Crippen LogP contribution in [0.25, 0.3) is 21.6 Å². The van der Waals surface area contributed by atoms with Gasteiger partial charge in [-0.25, -0.2) is 19.3 Å². The van der Waals surface area contributed by atoms with Crippen molar-refractivity contribution in [2.75, 3.05) is 65.9 Å². The molecule has 2 aliphatic rings. The summed E-state index contributed by atoms with van der Waals surface area (Å²) in [4.78, 5) is 63.1. The van der Waals surface area contributed by atoms with Gasteiger partial charge in [0.2, 0.25) is 5.96 Å². The van der Waals surface area contributed by atoms with Gasteiger partial charge in [-0.3, -0.25) is 9.69 Å². The number of carbonyl (C=O) groups is 4. The summed E-state index contributed by atoms with van der Waals surface area (Å²) in [7, 11) is 0. The summed E-state index contributed by atoms with van der Waals surface area (Å²) >= 11 is 0. The Morgan fingerprint density at radius 2 is 1.42 bits per heavy atom. The summed E-state index contributed by atoms with van der Waals surface area (Å²) in [5, 5.41) is 6.07. The molecule has 17 heteroatoms. The molecule has 57 heavy (non-hydrogen) atoms. The maximum Gasteiger partial charge on any atom is 0.437 e. The highest BCUT2D eigenvalue weighted by Crippen LogP contribution is 2.46. The van der Waals surface area contributed by atoms with Gasteiger partial charge in [-0.05, 0) is 88.6 Å². The van der Waals surface area contributed by atoms with E-state index in [1.54, 1.807) is 41.5 Å². The van der Waals surface area contributed by atoms with Crippen molar-refractivity contribution in [3.05, 3.63) is 70.1 Å². The number of hydrogen-bond acceptors (Lipinski definition) is 11. The number of benzene rings is 2. The van der Waals surface area contributed by atoms with E-state index >= 15 is 0 Å². The molecule has 1 N–H and O–H groups in total. The van der Waals surface area contributed by atoms with Crippen LogP contribution in [0.4, 0.5) is 14.4 Å². The molecular formula is C40H55N7O10. The highest BCUT2D eigenvalue weighted by Gasteiger charge is 2.39. The maximum absolute atomic E-state index is 14.1. The third-order valence-electron chi connectivity index (χ3n) is 8.62. The first-order valence-electron chi connectivity index (χ1n) is 19.2. The number of azide groups is 1. The Morgan fingerprint density at radius 1 is 0.842 bits per heavy atom. The molecule has 1 atom stereocenters. The molecule has 0 aromatic heterocycles. The summed E-state index contributed by atoms with van der Waals surface area (Å²) < 4.78 is 33.3. The summed E-state index contributed by atoms with van der Waals surface area (Å²) in [6.07, 6.45) is -1.42. The van der Waals surface area contributed by atoms with E-state index in [0.29, 0.717) is 32.5 Å². The normalized spacial score (nSPS) is 15.6. The Morgan fingerprint density at radius 3 is 2.02 bits per heavy atom. The van der Waals surface area contributed by atoms with Crippen molar-refractivity contribution in [3.8, 4) is 11.1 Å². The lowest BCUT2D eigenvalue weighted by atomic mass is 9.94. The van der Waals surface area contributed by atoms with Crippen molar-refractivity contribution >= 4 is 30.1 Å². The number of ether oxygens (including phenoxy) is 6. The predicted molar refractivity (Wildman–Crippen MR) is 211 cm³/mol. The number of likely N-dealkylation sites (tertiary alicyclic amines) is 1. The van der Waals surface area contributed by atoms with E-state index < -0.39 is 41.4 Å². The van der Waals surface area contributed by atoms with E-state index in [2.05, 4.69) is 44.6 Å². The van der Waals surface area contributed by atoms with Crippen LogP contribution in [0, 0.1) is 0 Å². The zero-order valence-electron chi connectivity index (χ0n) is 33.7. The quantitative estimate of drug-likeness (QED) is 0.0358. The molecule has 1 heterocycles. The third-order valence-corrected chi connectivity index (χ3v) is 8.62. The molecule has 2 aromatic rings. The Balaban J connectivity index is 1.42. The smallest absolute Gasteiger partial charge is 0.437 e. The maximum atomic E-state index is 14.1. The van der Waals surface area contributed by atoms with Crippen LogP contribution in [0.3, 0.4) is 0 Å².